The first-order valence-electron chi connectivity index (χ1n) is 6.95. The summed E-state index contributed by atoms with van der Waals surface area (Å²) in [6.07, 6.45) is 2.92. The Kier molecular flexibility index (Phi) is 5.44. The highest BCUT2D eigenvalue weighted by molar-refractivity contribution is 5.79. The van der Waals surface area contributed by atoms with Gasteiger partial charge in [0.2, 0.25) is 5.91 Å². The topological polar surface area (TPSA) is 55.1 Å². The molecular weight excluding hydrogens is 212 g/mol. The average Bonchev–Trinajstić information content (AvgIpc) is 2.25. The SMILES string of the molecule is CC(C)C(C)CNC(=O)C1CCC(N)CC1C. The van der Waals surface area contributed by atoms with Gasteiger partial charge in [-0.25, -0.2) is 0 Å². The van der Waals surface area contributed by atoms with Crippen molar-refractivity contribution >= 4 is 5.91 Å². The number of amides is 1. The van der Waals surface area contributed by atoms with Crippen molar-refractivity contribution in [3.63, 3.8) is 0 Å². The Morgan fingerprint density at radius 3 is 2.53 bits per heavy atom. The Hall–Kier alpha value is -0.570. The fourth-order valence-corrected chi connectivity index (χ4v) is 2.46. The van der Waals surface area contributed by atoms with Gasteiger partial charge < -0.3 is 11.1 Å². The number of nitrogens with one attached hydrogen (secondary N) is 1. The van der Waals surface area contributed by atoms with Crippen LogP contribution in [0.1, 0.15) is 47.0 Å². The molecule has 0 spiro atoms. The first-order valence-corrected chi connectivity index (χ1v) is 6.95. The smallest absolute Gasteiger partial charge is 0.223 e. The molecule has 0 bridgehead atoms. The largest absolute Gasteiger partial charge is 0.356 e. The monoisotopic (exact) mass is 240 g/mol. The minimum Gasteiger partial charge on any atom is -0.356 e. The average molecular weight is 240 g/mol. The molecule has 0 heterocycles. The molecule has 1 amide bonds. The van der Waals surface area contributed by atoms with Crippen LogP contribution in [0.3, 0.4) is 0 Å². The molecule has 1 saturated carbocycles. The van der Waals surface area contributed by atoms with Crippen molar-refractivity contribution in [2.75, 3.05) is 6.54 Å². The zero-order valence-corrected chi connectivity index (χ0v) is 11.7. The predicted octanol–water partition coefficient (Wildman–Crippen LogP) is 2.16. The van der Waals surface area contributed by atoms with Crippen LogP contribution in [0.4, 0.5) is 0 Å². The van der Waals surface area contributed by atoms with Gasteiger partial charge in [0.15, 0.2) is 0 Å². The van der Waals surface area contributed by atoms with Crippen molar-refractivity contribution in [2.45, 2.75) is 53.0 Å². The van der Waals surface area contributed by atoms with Gasteiger partial charge in [-0.15, -0.1) is 0 Å². The van der Waals surface area contributed by atoms with Crippen LogP contribution in [0.25, 0.3) is 0 Å². The van der Waals surface area contributed by atoms with Crippen LogP contribution in [0, 0.1) is 23.7 Å². The van der Waals surface area contributed by atoms with E-state index in [4.69, 9.17) is 5.73 Å². The number of carbonyl (C=O) groups is 1. The van der Waals surface area contributed by atoms with E-state index in [9.17, 15) is 4.79 Å². The summed E-state index contributed by atoms with van der Waals surface area (Å²) >= 11 is 0. The molecule has 1 aliphatic carbocycles. The number of rotatable bonds is 4. The summed E-state index contributed by atoms with van der Waals surface area (Å²) in [6.45, 7) is 9.52. The Balaban J connectivity index is 2.37. The molecular formula is C14H28N2O. The van der Waals surface area contributed by atoms with Crippen LogP contribution in [0.15, 0.2) is 0 Å². The standard InChI is InChI=1S/C14H28N2O/c1-9(2)11(4)8-16-14(17)13-6-5-12(15)7-10(13)3/h9-13H,5-8,15H2,1-4H3,(H,16,17). The van der Waals surface area contributed by atoms with Gasteiger partial charge in [-0.05, 0) is 37.0 Å². The van der Waals surface area contributed by atoms with E-state index in [0.29, 0.717) is 23.8 Å². The van der Waals surface area contributed by atoms with Crippen molar-refractivity contribution in [1.82, 2.24) is 5.32 Å². The van der Waals surface area contributed by atoms with Crippen LogP contribution in [-0.2, 0) is 4.79 Å². The lowest BCUT2D eigenvalue weighted by Crippen LogP contribution is -2.42. The van der Waals surface area contributed by atoms with E-state index in [0.717, 1.165) is 25.8 Å². The maximum Gasteiger partial charge on any atom is 0.223 e. The zero-order chi connectivity index (χ0) is 13.0. The quantitative estimate of drug-likeness (QED) is 0.791. The zero-order valence-electron chi connectivity index (χ0n) is 11.7. The Morgan fingerprint density at radius 2 is 2.00 bits per heavy atom. The van der Waals surface area contributed by atoms with Gasteiger partial charge in [0.05, 0.1) is 0 Å². The third kappa shape index (κ3) is 4.30. The molecule has 0 aromatic heterocycles. The predicted molar refractivity (Wildman–Crippen MR) is 71.5 cm³/mol. The summed E-state index contributed by atoms with van der Waals surface area (Å²) in [7, 11) is 0. The van der Waals surface area contributed by atoms with Crippen molar-refractivity contribution < 1.29 is 4.79 Å². The molecule has 4 atom stereocenters. The third-order valence-corrected chi connectivity index (χ3v) is 4.28. The van der Waals surface area contributed by atoms with Gasteiger partial charge in [0.25, 0.3) is 0 Å². The summed E-state index contributed by atoms with van der Waals surface area (Å²) in [6, 6.07) is 0.295. The number of hydrogen-bond donors (Lipinski definition) is 2. The van der Waals surface area contributed by atoms with Crippen LogP contribution in [0.5, 0.6) is 0 Å². The van der Waals surface area contributed by atoms with Crippen LogP contribution >= 0.6 is 0 Å². The molecule has 17 heavy (non-hydrogen) atoms. The molecule has 0 radical (unpaired) electrons. The van der Waals surface area contributed by atoms with Gasteiger partial charge in [-0.1, -0.05) is 27.7 Å². The third-order valence-electron chi connectivity index (χ3n) is 4.28. The number of carbonyl (C=O) groups excluding carboxylic acids is 1. The molecule has 1 fully saturated rings. The highest BCUT2D eigenvalue weighted by Crippen LogP contribution is 2.29. The Labute approximate surface area is 106 Å². The molecule has 3 heteroatoms. The molecule has 3 nitrogen and oxygen atoms in total. The molecule has 0 aromatic rings. The van der Waals surface area contributed by atoms with Gasteiger partial charge >= 0.3 is 0 Å². The highest BCUT2D eigenvalue weighted by atomic mass is 16.1. The molecule has 0 saturated heterocycles. The molecule has 1 rings (SSSR count). The Bertz CT molecular complexity index is 253. The van der Waals surface area contributed by atoms with Gasteiger partial charge in [0.1, 0.15) is 0 Å². The van der Waals surface area contributed by atoms with Crippen LogP contribution < -0.4 is 11.1 Å². The normalized spacial score (nSPS) is 31.3. The van der Waals surface area contributed by atoms with Crippen molar-refractivity contribution in [2.24, 2.45) is 29.4 Å². The molecule has 4 unspecified atom stereocenters. The van der Waals surface area contributed by atoms with E-state index in [1.165, 1.54) is 0 Å². The van der Waals surface area contributed by atoms with Crippen LogP contribution in [0.2, 0.25) is 0 Å². The second-order valence-electron chi connectivity index (χ2n) is 6.12. The summed E-state index contributed by atoms with van der Waals surface area (Å²) in [5.74, 6) is 1.99. The second-order valence-corrected chi connectivity index (χ2v) is 6.12. The van der Waals surface area contributed by atoms with E-state index < -0.39 is 0 Å². The first-order chi connectivity index (χ1) is 7.91. The van der Waals surface area contributed by atoms with E-state index in [-0.39, 0.29) is 11.8 Å². The Morgan fingerprint density at radius 1 is 1.35 bits per heavy atom. The van der Waals surface area contributed by atoms with E-state index in [1.54, 1.807) is 0 Å². The van der Waals surface area contributed by atoms with Crippen molar-refractivity contribution in [3.8, 4) is 0 Å². The maximum atomic E-state index is 12.1. The summed E-state index contributed by atoms with van der Waals surface area (Å²) in [5, 5.41) is 3.10. The number of hydrogen-bond acceptors (Lipinski definition) is 2. The molecule has 100 valence electrons. The lowest BCUT2D eigenvalue weighted by Gasteiger charge is -2.31. The second kappa shape index (κ2) is 6.39. The number of nitrogens with two attached hydrogens (primary N) is 1. The van der Waals surface area contributed by atoms with E-state index >= 15 is 0 Å². The first kappa shape index (κ1) is 14.5. The van der Waals surface area contributed by atoms with E-state index in [2.05, 4.69) is 33.0 Å². The van der Waals surface area contributed by atoms with E-state index in [1.807, 2.05) is 0 Å². The highest BCUT2D eigenvalue weighted by Gasteiger charge is 2.30. The summed E-state index contributed by atoms with van der Waals surface area (Å²) < 4.78 is 0. The molecule has 0 aliphatic heterocycles. The lowest BCUT2D eigenvalue weighted by molar-refractivity contribution is -0.127. The van der Waals surface area contributed by atoms with Crippen molar-refractivity contribution in [3.05, 3.63) is 0 Å². The van der Waals surface area contributed by atoms with Crippen molar-refractivity contribution in [1.29, 1.82) is 0 Å². The summed E-state index contributed by atoms with van der Waals surface area (Å²) in [4.78, 5) is 12.1. The lowest BCUT2D eigenvalue weighted by atomic mass is 9.77. The van der Waals surface area contributed by atoms with Gasteiger partial charge in [0, 0.05) is 18.5 Å². The fourth-order valence-electron chi connectivity index (χ4n) is 2.46. The van der Waals surface area contributed by atoms with Gasteiger partial charge in [-0.2, -0.15) is 0 Å². The molecule has 3 N–H and O–H groups in total. The minimum atomic E-state index is 0.175. The van der Waals surface area contributed by atoms with Gasteiger partial charge in [-0.3, -0.25) is 4.79 Å². The molecule has 0 aromatic carbocycles. The summed E-state index contributed by atoms with van der Waals surface area (Å²) in [5.41, 5.74) is 5.92. The fraction of sp³-hybridized carbons (Fsp3) is 0.929. The minimum absolute atomic E-state index is 0.175. The maximum absolute atomic E-state index is 12.1. The van der Waals surface area contributed by atoms with Crippen LogP contribution in [-0.4, -0.2) is 18.5 Å². The molecule has 1 aliphatic rings.